The molecule has 3 aliphatic rings. The van der Waals surface area contributed by atoms with E-state index in [0.29, 0.717) is 17.7 Å². The molecular formula is C18H25N3OS. The van der Waals surface area contributed by atoms with E-state index in [9.17, 15) is 4.79 Å². The molecule has 0 aromatic carbocycles. The molecule has 4 atom stereocenters. The lowest BCUT2D eigenvalue weighted by atomic mass is 9.88. The summed E-state index contributed by atoms with van der Waals surface area (Å²) in [5, 5.41) is 2.13. The molecule has 23 heavy (non-hydrogen) atoms. The summed E-state index contributed by atoms with van der Waals surface area (Å²) in [6, 6.07) is 4.33. The number of fused-ring (bicyclic) bond motifs is 2. The van der Waals surface area contributed by atoms with Crippen molar-refractivity contribution < 1.29 is 4.79 Å². The lowest BCUT2D eigenvalue weighted by Crippen LogP contribution is -2.47. The Labute approximate surface area is 141 Å². The Morgan fingerprint density at radius 2 is 2.09 bits per heavy atom. The van der Waals surface area contributed by atoms with Crippen LogP contribution in [0.2, 0.25) is 0 Å². The van der Waals surface area contributed by atoms with Crippen LogP contribution in [-0.4, -0.2) is 47.9 Å². The van der Waals surface area contributed by atoms with E-state index < -0.39 is 0 Å². The maximum absolute atomic E-state index is 13.0. The van der Waals surface area contributed by atoms with E-state index in [-0.39, 0.29) is 12.0 Å². The molecule has 5 heteroatoms. The summed E-state index contributed by atoms with van der Waals surface area (Å²) < 4.78 is 0. The first-order chi connectivity index (χ1) is 11.2. The number of carbonyl (C=O) groups excluding carboxylic acids is 1. The Kier molecular flexibility index (Phi) is 4.26. The van der Waals surface area contributed by atoms with Gasteiger partial charge in [0.2, 0.25) is 5.91 Å². The van der Waals surface area contributed by atoms with Crippen LogP contribution in [-0.2, 0) is 11.3 Å². The third-order valence-corrected chi connectivity index (χ3v) is 6.53. The minimum Gasteiger partial charge on any atom is -0.341 e. The molecule has 2 N–H and O–H groups in total. The normalized spacial score (nSPS) is 34.0. The van der Waals surface area contributed by atoms with Gasteiger partial charge >= 0.3 is 0 Å². The van der Waals surface area contributed by atoms with Gasteiger partial charge in [0.25, 0.3) is 0 Å². The second kappa shape index (κ2) is 6.38. The van der Waals surface area contributed by atoms with Crippen LogP contribution in [0.3, 0.4) is 0 Å². The average Bonchev–Trinajstić information content (AvgIpc) is 3.23. The number of amides is 1. The maximum Gasteiger partial charge on any atom is 0.227 e. The highest BCUT2D eigenvalue weighted by molar-refractivity contribution is 7.09. The van der Waals surface area contributed by atoms with Gasteiger partial charge in [0, 0.05) is 43.6 Å². The lowest BCUT2D eigenvalue weighted by Gasteiger charge is -2.30. The van der Waals surface area contributed by atoms with Gasteiger partial charge in [-0.05, 0) is 36.1 Å². The predicted octanol–water partition coefficient (Wildman–Crippen LogP) is 1.93. The summed E-state index contributed by atoms with van der Waals surface area (Å²) in [5.41, 5.74) is 6.32. The van der Waals surface area contributed by atoms with Crippen LogP contribution in [0.4, 0.5) is 0 Å². The molecule has 2 bridgehead atoms. The quantitative estimate of drug-likeness (QED) is 0.861. The summed E-state index contributed by atoms with van der Waals surface area (Å²) in [6.07, 6.45) is 6.57. The van der Waals surface area contributed by atoms with Crippen LogP contribution < -0.4 is 5.73 Å². The van der Waals surface area contributed by atoms with Crippen molar-refractivity contribution in [3.05, 3.63) is 34.5 Å². The second-order valence-corrected chi connectivity index (χ2v) is 8.12. The number of rotatable bonds is 3. The molecule has 0 spiro atoms. The minimum absolute atomic E-state index is 0.0221. The summed E-state index contributed by atoms with van der Waals surface area (Å²) in [4.78, 5) is 18.9. The smallest absolute Gasteiger partial charge is 0.227 e. The Hall–Kier alpha value is -1.17. The average molecular weight is 331 g/mol. The zero-order valence-electron chi connectivity index (χ0n) is 13.4. The van der Waals surface area contributed by atoms with Crippen LogP contribution in [0.5, 0.6) is 0 Å². The molecule has 2 fully saturated rings. The van der Waals surface area contributed by atoms with Crippen molar-refractivity contribution in [1.82, 2.24) is 9.80 Å². The molecule has 1 saturated carbocycles. The topological polar surface area (TPSA) is 49.6 Å². The van der Waals surface area contributed by atoms with Gasteiger partial charge < -0.3 is 10.6 Å². The number of hydrogen-bond donors (Lipinski definition) is 1. The molecule has 0 radical (unpaired) electrons. The van der Waals surface area contributed by atoms with Gasteiger partial charge in [0.05, 0.1) is 5.92 Å². The lowest BCUT2D eigenvalue weighted by molar-refractivity contribution is -0.136. The second-order valence-electron chi connectivity index (χ2n) is 7.09. The fraction of sp³-hybridized carbons (Fsp3) is 0.611. The zero-order chi connectivity index (χ0) is 15.8. The van der Waals surface area contributed by atoms with Crippen LogP contribution in [0.25, 0.3) is 0 Å². The zero-order valence-corrected chi connectivity index (χ0v) is 14.3. The number of allylic oxidation sites excluding steroid dienone is 1. The standard InChI is InChI=1S/C18H25N3OS/c19-17-14-5-4-13(11-14)16(17)18(22)21-7-2-6-20(8-9-21)12-15-3-1-10-23-15/h1,3-5,10,13-14,16-17H,2,6-9,11-12,19H2/t13-,14+,16-,17+/m1/s1. The summed E-state index contributed by atoms with van der Waals surface area (Å²) in [7, 11) is 0. The van der Waals surface area contributed by atoms with Crippen molar-refractivity contribution in [3.8, 4) is 0 Å². The number of nitrogens with zero attached hydrogens (tertiary/aromatic N) is 2. The van der Waals surface area contributed by atoms with Gasteiger partial charge in [-0.25, -0.2) is 0 Å². The van der Waals surface area contributed by atoms with E-state index in [1.54, 1.807) is 0 Å². The van der Waals surface area contributed by atoms with Gasteiger partial charge in [0.15, 0.2) is 0 Å². The Balaban J connectivity index is 1.37. The van der Waals surface area contributed by atoms with E-state index >= 15 is 0 Å². The van der Waals surface area contributed by atoms with Crippen molar-refractivity contribution in [2.45, 2.75) is 25.4 Å². The molecule has 1 aromatic rings. The third kappa shape index (κ3) is 2.97. The summed E-state index contributed by atoms with van der Waals surface area (Å²) in [5.74, 6) is 1.13. The molecular weight excluding hydrogens is 306 g/mol. The highest BCUT2D eigenvalue weighted by Crippen LogP contribution is 2.43. The number of carbonyl (C=O) groups is 1. The Morgan fingerprint density at radius 3 is 2.83 bits per heavy atom. The first-order valence-corrected chi connectivity index (χ1v) is 9.58. The SMILES string of the molecule is N[C@@H]1[C@H](C(=O)N2CCCN(Cc3cccs3)CC2)[C@@H]2C=C[C@H]1C2. The number of nitrogens with two attached hydrogens (primary N) is 1. The number of hydrogen-bond acceptors (Lipinski definition) is 4. The van der Waals surface area contributed by atoms with Crippen molar-refractivity contribution in [1.29, 1.82) is 0 Å². The van der Waals surface area contributed by atoms with E-state index in [1.807, 2.05) is 11.3 Å². The molecule has 124 valence electrons. The maximum atomic E-state index is 13.0. The minimum atomic E-state index is 0.0221. The molecule has 4 rings (SSSR count). The van der Waals surface area contributed by atoms with Gasteiger partial charge in [-0.15, -0.1) is 11.3 Å². The summed E-state index contributed by atoms with van der Waals surface area (Å²) in [6.45, 7) is 4.77. The highest BCUT2D eigenvalue weighted by Gasteiger charge is 2.47. The van der Waals surface area contributed by atoms with Crippen LogP contribution in [0, 0.1) is 17.8 Å². The van der Waals surface area contributed by atoms with Crippen molar-refractivity contribution in [2.75, 3.05) is 26.2 Å². The fourth-order valence-corrected chi connectivity index (χ4v) is 5.14. The predicted molar refractivity (Wildman–Crippen MR) is 93.0 cm³/mol. The first kappa shape index (κ1) is 15.4. The van der Waals surface area contributed by atoms with Crippen LogP contribution >= 0.6 is 11.3 Å². The van der Waals surface area contributed by atoms with Crippen molar-refractivity contribution in [2.24, 2.45) is 23.5 Å². The van der Waals surface area contributed by atoms with Gasteiger partial charge in [-0.1, -0.05) is 18.2 Å². The molecule has 1 amide bonds. The summed E-state index contributed by atoms with van der Waals surface area (Å²) >= 11 is 1.81. The van der Waals surface area contributed by atoms with Crippen molar-refractivity contribution in [3.63, 3.8) is 0 Å². The Morgan fingerprint density at radius 1 is 1.22 bits per heavy atom. The third-order valence-electron chi connectivity index (χ3n) is 5.67. The van der Waals surface area contributed by atoms with Crippen LogP contribution in [0.1, 0.15) is 17.7 Å². The largest absolute Gasteiger partial charge is 0.341 e. The molecule has 1 aliphatic heterocycles. The van der Waals surface area contributed by atoms with E-state index in [2.05, 4.69) is 39.5 Å². The fourth-order valence-electron chi connectivity index (χ4n) is 4.39. The molecule has 2 aliphatic carbocycles. The Bertz CT molecular complexity index is 585. The van der Waals surface area contributed by atoms with E-state index in [1.165, 1.54) is 4.88 Å². The van der Waals surface area contributed by atoms with E-state index in [0.717, 1.165) is 45.6 Å². The van der Waals surface area contributed by atoms with Gasteiger partial charge in [0.1, 0.15) is 0 Å². The van der Waals surface area contributed by atoms with Gasteiger partial charge in [-0.2, -0.15) is 0 Å². The molecule has 2 heterocycles. The van der Waals surface area contributed by atoms with Crippen LogP contribution in [0.15, 0.2) is 29.7 Å². The van der Waals surface area contributed by atoms with E-state index in [4.69, 9.17) is 5.73 Å². The molecule has 4 nitrogen and oxygen atoms in total. The van der Waals surface area contributed by atoms with Crippen molar-refractivity contribution >= 4 is 17.2 Å². The van der Waals surface area contributed by atoms with Gasteiger partial charge in [-0.3, -0.25) is 9.69 Å². The monoisotopic (exact) mass is 331 g/mol. The number of thiophene rings is 1. The highest BCUT2D eigenvalue weighted by atomic mass is 32.1. The molecule has 1 saturated heterocycles. The molecule has 1 aromatic heterocycles. The first-order valence-electron chi connectivity index (χ1n) is 8.70. The molecule has 0 unspecified atom stereocenters.